The van der Waals surface area contributed by atoms with Gasteiger partial charge in [-0.05, 0) is 42.8 Å². The number of anilines is 2. The predicted octanol–water partition coefficient (Wildman–Crippen LogP) is 3.11. The van der Waals surface area contributed by atoms with Gasteiger partial charge in [-0.15, -0.1) is 0 Å². The number of rotatable bonds is 2. The number of hydrogen-bond acceptors (Lipinski definition) is 2. The van der Waals surface area contributed by atoms with Gasteiger partial charge in [-0.1, -0.05) is 0 Å². The first-order chi connectivity index (χ1) is 8.97. The molecular formula is C14H12F2N2O. The van der Waals surface area contributed by atoms with Crippen molar-refractivity contribution in [2.24, 2.45) is 0 Å². The summed E-state index contributed by atoms with van der Waals surface area (Å²) in [5.74, 6) is -2.37. The maximum absolute atomic E-state index is 13.0. The Kier molecular flexibility index (Phi) is 3.46. The molecule has 2 aromatic carbocycles. The highest BCUT2D eigenvalue weighted by Gasteiger charge is 2.09. The van der Waals surface area contributed by atoms with Crippen molar-refractivity contribution in [3.8, 4) is 0 Å². The molecule has 0 aromatic heterocycles. The van der Waals surface area contributed by atoms with Gasteiger partial charge in [0.25, 0.3) is 5.91 Å². The van der Waals surface area contributed by atoms with E-state index in [1.165, 1.54) is 6.07 Å². The molecule has 0 radical (unpaired) electrons. The molecule has 0 saturated heterocycles. The highest BCUT2D eigenvalue weighted by molar-refractivity contribution is 6.04. The predicted molar refractivity (Wildman–Crippen MR) is 69.9 cm³/mol. The van der Waals surface area contributed by atoms with Crippen molar-refractivity contribution in [3.63, 3.8) is 0 Å². The zero-order valence-electron chi connectivity index (χ0n) is 10.2. The molecule has 0 aliphatic rings. The summed E-state index contributed by atoms with van der Waals surface area (Å²) in [6.07, 6.45) is 0. The van der Waals surface area contributed by atoms with E-state index < -0.39 is 17.5 Å². The molecule has 0 aliphatic heterocycles. The Morgan fingerprint density at radius 2 is 1.84 bits per heavy atom. The van der Waals surface area contributed by atoms with E-state index in [1.54, 1.807) is 25.1 Å². The van der Waals surface area contributed by atoms with E-state index >= 15 is 0 Å². The van der Waals surface area contributed by atoms with Gasteiger partial charge < -0.3 is 11.1 Å². The second-order valence-electron chi connectivity index (χ2n) is 4.15. The average Bonchev–Trinajstić information content (AvgIpc) is 2.37. The number of benzene rings is 2. The number of nitrogens with one attached hydrogen (secondary N) is 1. The van der Waals surface area contributed by atoms with Crippen LogP contribution in [0.2, 0.25) is 0 Å². The maximum Gasteiger partial charge on any atom is 0.255 e. The monoisotopic (exact) mass is 262 g/mol. The molecule has 0 bridgehead atoms. The van der Waals surface area contributed by atoms with Gasteiger partial charge in [-0.2, -0.15) is 0 Å². The van der Waals surface area contributed by atoms with Crippen LogP contribution in [0, 0.1) is 18.6 Å². The van der Waals surface area contributed by atoms with Gasteiger partial charge >= 0.3 is 0 Å². The Morgan fingerprint density at radius 1 is 1.11 bits per heavy atom. The lowest BCUT2D eigenvalue weighted by atomic mass is 10.1. The molecule has 0 aliphatic carbocycles. The van der Waals surface area contributed by atoms with Crippen LogP contribution in [0.5, 0.6) is 0 Å². The average molecular weight is 262 g/mol. The van der Waals surface area contributed by atoms with Crippen molar-refractivity contribution in [2.45, 2.75) is 6.92 Å². The minimum absolute atomic E-state index is 0.193. The molecule has 0 spiro atoms. The van der Waals surface area contributed by atoms with Crippen LogP contribution in [0.3, 0.4) is 0 Å². The molecule has 3 nitrogen and oxygen atoms in total. The molecule has 1 amide bonds. The minimum atomic E-state index is -1.01. The number of amides is 1. The second kappa shape index (κ2) is 5.06. The summed E-state index contributed by atoms with van der Waals surface area (Å²) in [5, 5.41) is 2.49. The number of hydrogen-bond donors (Lipinski definition) is 2. The quantitative estimate of drug-likeness (QED) is 0.817. The van der Waals surface area contributed by atoms with E-state index in [0.717, 1.165) is 17.7 Å². The molecule has 5 heteroatoms. The summed E-state index contributed by atoms with van der Waals surface area (Å²) in [5.41, 5.74) is 7.61. The number of aryl methyl sites for hydroxylation is 1. The van der Waals surface area contributed by atoms with Crippen molar-refractivity contribution in [3.05, 3.63) is 59.2 Å². The highest BCUT2D eigenvalue weighted by atomic mass is 19.2. The van der Waals surface area contributed by atoms with Crippen molar-refractivity contribution < 1.29 is 13.6 Å². The topological polar surface area (TPSA) is 55.1 Å². The molecule has 0 atom stereocenters. The largest absolute Gasteiger partial charge is 0.399 e. The summed E-state index contributed by atoms with van der Waals surface area (Å²) < 4.78 is 25.8. The lowest BCUT2D eigenvalue weighted by molar-refractivity contribution is 0.102. The molecule has 19 heavy (non-hydrogen) atoms. The van der Waals surface area contributed by atoms with Crippen LogP contribution in [-0.2, 0) is 0 Å². The normalized spacial score (nSPS) is 10.3. The third kappa shape index (κ3) is 2.88. The maximum atomic E-state index is 13.0. The van der Waals surface area contributed by atoms with Crippen LogP contribution < -0.4 is 11.1 Å². The Bertz CT molecular complexity index is 641. The standard InChI is InChI=1S/C14H12F2N2O/c1-8-6-9(2-5-13(8)17)14(19)18-10-3-4-11(15)12(16)7-10/h2-7H,17H2,1H3,(H,18,19). The van der Waals surface area contributed by atoms with Gasteiger partial charge in [0, 0.05) is 23.0 Å². The Labute approximate surface area is 109 Å². The SMILES string of the molecule is Cc1cc(C(=O)Nc2ccc(F)c(F)c2)ccc1N. The lowest BCUT2D eigenvalue weighted by Crippen LogP contribution is -2.12. The summed E-state index contributed by atoms with van der Waals surface area (Å²) in [6.45, 7) is 1.78. The molecule has 0 saturated carbocycles. The molecular weight excluding hydrogens is 250 g/mol. The lowest BCUT2D eigenvalue weighted by Gasteiger charge is -2.07. The van der Waals surface area contributed by atoms with Crippen LogP contribution in [-0.4, -0.2) is 5.91 Å². The first-order valence-electron chi connectivity index (χ1n) is 5.60. The number of carbonyl (C=O) groups excluding carboxylic acids is 1. The summed E-state index contributed by atoms with van der Waals surface area (Å²) in [6, 6.07) is 7.99. The number of halogens is 2. The zero-order chi connectivity index (χ0) is 14.0. The summed E-state index contributed by atoms with van der Waals surface area (Å²) in [7, 11) is 0. The van der Waals surface area contributed by atoms with E-state index in [-0.39, 0.29) is 5.69 Å². The first kappa shape index (κ1) is 13.0. The van der Waals surface area contributed by atoms with Gasteiger partial charge in [-0.3, -0.25) is 4.79 Å². The molecule has 2 rings (SSSR count). The third-order valence-electron chi connectivity index (χ3n) is 2.71. The molecule has 3 N–H and O–H groups in total. The summed E-state index contributed by atoms with van der Waals surface area (Å²) >= 11 is 0. The van der Waals surface area contributed by atoms with Crippen LogP contribution in [0.25, 0.3) is 0 Å². The van der Waals surface area contributed by atoms with Crippen molar-refractivity contribution in [1.82, 2.24) is 0 Å². The van der Waals surface area contributed by atoms with Gasteiger partial charge in [0.05, 0.1) is 0 Å². The Balaban J connectivity index is 2.20. The van der Waals surface area contributed by atoms with Gasteiger partial charge in [0.1, 0.15) is 0 Å². The van der Waals surface area contributed by atoms with Gasteiger partial charge in [0.2, 0.25) is 0 Å². The van der Waals surface area contributed by atoms with E-state index in [0.29, 0.717) is 11.3 Å². The molecule has 0 fully saturated rings. The van der Waals surface area contributed by atoms with E-state index in [4.69, 9.17) is 5.73 Å². The second-order valence-corrected chi connectivity index (χ2v) is 4.15. The molecule has 0 heterocycles. The van der Waals surface area contributed by atoms with Crippen molar-refractivity contribution in [2.75, 3.05) is 11.1 Å². The van der Waals surface area contributed by atoms with Gasteiger partial charge in [-0.25, -0.2) is 8.78 Å². The zero-order valence-corrected chi connectivity index (χ0v) is 10.2. The van der Waals surface area contributed by atoms with Crippen molar-refractivity contribution in [1.29, 1.82) is 0 Å². The van der Waals surface area contributed by atoms with Gasteiger partial charge in [0.15, 0.2) is 11.6 Å². The smallest absolute Gasteiger partial charge is 0.255 e. The summed E-state index contributed by atoms with van der Waals surface area (Å²) in [4.78, 5) is 11.9. The van der Waals surface area contributed by atoms with Crippen molar-refractivity contribution >= 4 is 17.3 Å². The molecule has 0 unspecified atom stereocenters. The fourth-order valence-corrected chi connectivity index (χ4v) is 1.59. The van der Waals surface area contributed by atoms with Crippen LogP contribution in [0.1, 0.15) is 15.9 Å². The van der Waals surface area contributed by atoms with E-state index in [1.807, 2.05) is 0 Å². The van der Waals surface area contributed by atoms with E-state index in [9.17, 15) is 13.6 Å². The number of nitrogen functional groups attached to an aromatic ring is 1. The minimum Gasteiger partial charge on any atom is -0.399 e. The Morgan fingerprint density at radius 3 is 2.47 bits per heavy atom. The van der Waals surface area contributed by atoms with Crippen LogP contribution in [0.4, 0.5) is 20.2 Å². The first-order valence-corrected chi connectivity index (χ1v) is 5.60. The Hall–Kier alpha value is -2.43. The molecule has 2 aromatic rings. The highest BCUT2D eigenvalue weighted by Crippen LogP contribution is 2.16. The van der Waals surface area contributed by atoms with Crippen LogP contribution in [0.15, 0.2) is 36.4 Å². The number of nitrogens with two attached hydrogens (primary N) is 1. The van der Waals surface area contributed by atoms with E-state index in [2.05, 4.69) is 5.32 Å². The van der Waals surface area contributed by atoms with Crippen LogP contribution >= 0.6 is 0 Å². The molecule has 98 valence electrons. The third-order valence-corrected chi connectivity index (χ3v) is 2.71. The number of carbonyl (C=O) groups is 1. The fourth-order valence-electron chi connectivity index (χ4n) is 1.59. The fraction of sp³-hybridized carbons (Fsp3) is 0.0714.